The molecule has 2 amide bonds. The van der Waals surface area contributed by atoms with Gasteiger partial charge in [-0.25, -0.2) is 0 Å². The number of carbonyl (C=O) groups excluding carboxylic acids is 2. The predicted molar refractivity (Wildman–Crippen MR) is 88.6 cm³/mol. The number of aromatic nitrogens is 3. The van der Waals surface area contributed by atoms with Crippen molar-refractivity contribution in [2.75, 3.05) is 13.1 Å². The van der Waals surface area contributed by atoms with Crippen LogP contribution in [0.4, 0.5) is 0 Å². The van der Waals surface area contributed by atoms with Gasteiger partial charge in [0.25, 0.3) is 5.91 Å². The Hall–Kier alpha value is -3.16. The van der Waals surface area contributed by atoms with E-state index in [0.29, 0.717) is 30.4 Å². The number of nitrogens with zero attached hydrogens (tertiary/aromatic N) is 3. The number of aryl methyl sites for hydroxylation is 1. The lowest BCUT2D eigenvalue weighted by molar-refractivity contribution is -0.129. The molecule has 1 aliphatic rings. The molecule has 4 rings (SSSR count). The number of rotatable bonds is 4. The molecule has 128 valence electrons. The highest BCUT2D eigenvalue weighted by atomic mass is 16.4. The van der Waals surface area contributed by atoms with E-state index in [4.69, 9.17) is 4.42 Å². The van der Waals surface area contributed by atoms with Gasteiger partial charge in [0.2, 0.25) is 17.7 Å². The minimum Gasteiger partial charge on any atom is -0.424 e. The van der Waals surface area contributed by atoms with Crippen molar-refractivity contribution in [2.45, 2.75) is 13.5 Å². The molecule has 0 radical (unpaired) electrons. The van der Waals surface area contributed by atoms with Crippen molar-refractivity contribution in [2.24, 2.45) is 5.92 Å². The van der Waals surface area contributed by atoms with Crippen LogP contribution in [0.1, 0.15) is 22.1 Å². The monoisotopic (exact) mass is 339 g/mol. The lowest BCUT2D eigenvalue weighted by atomic mass is 9.97. The van der Waals surface area contributed by atoms with Crippen molar-refractivity contribution < 1.29 is 14.0 Å². The minimum atomic E-state index is -0.210. The molecule has 1 aromatic carbocycles. The number of hydrogen-bond acceptors (Lipinski definition) is 5. The summed E-state index contributed by atoms with van der Waals surface area (Å²) >= 11 is 0. The number of fused-ring (bicyclic) bond motifs is 1. The van der Waals surface area contributed by atoms with Crippen LogP contribution in [0, 0.1) is 12.8 Å². The van der Waals surface area contributed by atoms with Crippen LogP contribution in [0.2, 0.25) is 0 Å². The molecule has 1 saturated heterocycles. The Morgan fingerprint density at radius 3 is 2.88 bits per heavy atom. The van der Waals surface area contributed by atoms with Crippen LogP contribution < -0.4 is 5.32 Å². The van der Waals surface area contributed by atoms with Crippen molar-refractivity contribution in [1.29, 1.82) is 0 Å². The molecule has 8 nitrogen and oxygen atoms in total. The first-order chi connectivity index (χ1) is 12.1. The maximum atomic E-state index is 12.6. The number of hydrogen-bond donors (Lipinski definition) is 2. The van der Waals surface area contributed by atoms with Crippen LogP contribution in [-0.4, -0.2) is 45.0 Å². The molecule has 3 heterocycles. The zero-order chi connectivity index (χ0) is 17.4. The highest BCUT2D eigenvalue weighted by Crippen LogP contribution is 2.24. The average molecular weight is 339 g/mol. The Bertz CT molecular complexity index is 939. The summed E-state index contributed by atoms with van der Waals surface area (Å²) in [7, 11) is 0. The third kappa shape index (κ3) is 2.86. The molecule has 0 aliphatic carbocycles. The Morgan fingerprint density at radius 1 is 1.32 bits per heavy atom. The number of benzene rings is 1. The van der Waals surface area contributed by atoms with Crippen molar-refractivity contribution in [1.82, 2.24) is 25.4 Å². The van der Waals surface area contributed by atoms with Gasteiger partial charge in [-0.3, -0.25) is 9.59 Å². The van der Waals surface area contributed by atoms with Gasteiger partial charge in [0, 0.05) is 37.1 Å². The second-order valence-electron chi connectivity index (χ2n) is 6.09. The van der Waals surface area contributed by atoms with E-state index in [1.165, 1.54) is 0 Å². The van der Waals surface area contributed by atoms with E-state index < -0.39 is 0 Å². The van der Waals surface area contributed by atoms with Gasteiger partial charge >= 0.3 is 0 Å². The van der Waals surface area contributed by atoms with Gasteiger partial charge in [-0.1, -0.05) is 18.2 Å². The Balaban J connectivity index is 1.33. The van der Waals surface area contributed by atoms with Crippen LogP contribution in [0.25, 0.3) is 10.9 Å². The van der Waals surface area contributed by atoms with E-state index in [1.54, 1.807) is 18.0 Å². The molecule has 1 fully saturated rings. The zero-order valence-electron chi connectivity index (χ0n) is 13.7. The molecule has 2 aromatic heterocycles. The van der Waals surface area contributed by atoms with E-state index >= 15 is 0 Å². The summed E-state index contributed by atoms with van der Waals surface area (Å²) in [5.74, 6) is 0.450. The summed E-state index contributed by atoms with van der Waals surface area (Å²) in [4.78, 5) is 29.5. The second-order valence-corrected chi connectivity index (χ2v) is 6.09. The largest absolute Gasteiger partial charge is 0.424 e. The highest BCUT2D eigenvalue weighted by molar-refractivity contribution is 6.07. The number of para-hydroxylation sites is 1. The van der Waals surface area contributed by atoms with E-state index in [1.807, 2.05) is 24.3 Å². The van der Waals surface area contributed by atoms with Crippen molar-refractivity contribution in [3.63, 3.8) is 0 Å². The molecule has 2 N–H and O–H groups in total. The first-order valence-corrected chi connectivity index (χ1v) is 8.04. The topological polar surface area (TPSA) is 104 Å². The third-order valence-corrected chi connectivity index (χ3v) is 4.34. The fraction of sp³-hybridized carbons (Fsp3) is 0.294. The third-order valence-electron chi connectivity index (χ3n) is 4.34. The van der Waals surface area contributed by atoms with Crippen LogP contribution in [0.3, 0.4) is 0 Å². The minimum absolute atomic E-state index is 0.0611. The fourth-order valence-electron chi connectivity index (χ4n) is 2.95. The first-order valence-electron chi connectivity index (χ1n) is 8.04. The van der Waals surface area contributed by atoms with Crippen molar-refractivity contribution in [3.05, 3.63) is 47.8 Å². The number of likely N-dealkylation sites (tertiary alicyclic amines) is 1. The second kappa shape index (κ2) is 6.04. The molecular weight excluding hydrogens is 322 g/mol. The number of aromatic amines is 1. The highest BCUT2D eigenvalue weighted by Gasteiger charge is 2.36. The average Bonchev–Trinajstić information content (AvgIpc) is 3.17. The van der Waals surface area contributed by atoms with E-state index in [9.17, 15) is 9.59 Å². The van der Waals surface area contributed by atoms with Crippen LogP contribution in [0.5, 0.6) is 0 Å². The number of nitrogens with one attached hydrogen (secondary N) is 2. The van der Waals surface area contributed by atoms with Gasteiger partial charge in [0.05, 0.1) is 18.0 Å². The molecular formula is C17H17N5O3. The smallest absolute Gasteiger partial charge is 0.256 e. The maximum absolute atomic E-state index is 12.6. The summed E-state index contributed by atoms with van der Waals surface area (Å²) in [6.45, 7) is 2.71. The standard InChI is InChI=1S/C17H17N5O3/c1-10-20-21-15(25-10)7-19-16(23)11-8-22(9-11)17(24)13-6-18-14-5-3-2-4-12(13)14/h2-6,11,18H,7-9H2,1H3,(H,19,23). The van der Waals surface area contributed by atoms with Gasteiger partial charge < -0.3 is 19.6 Å². The molecule has 8 heteroatoms. The van der Waals surface area contributed by atoms with Crippen molar-refractivity contribution >= 4 is 22.7 Å². The Kier molecular flexibility index (Phi) is 3.72. The van der Waals surface area contributed by atoms with Crippen LogP contribution >= 0.6 is 0 Å². The summed E-state index contributed by atoms with van der Waals surface area (Å²) in [5, 5.41) is 11.2. The molecule has 1 aliphatic heterocycles. The predicted octanol–water partition coefficient (Wildman–Crippen LogP) is 1.25. The molecule has 0 spiro atoms. The molecule has 25 heavy (non-hydrogen) atoms. The van der Waals surface area contributed by atoms with Crippen LogP contribution in [-0.2, 0) is 11.3 Å². The van der Waals surface area contributed by atoms with E-state index in [0.717, 1.165) is 10.9 Å². The molecule has 3 aromatic rings. The van der Waals surface area contributed by atoms with Gasteiger partial charge in [0.15, 0.2) is 0 Å². The summed E-state index contributed by atoms with van der Waals surface area (Å²) in [6.07, 6.45) is 1.72. The van der Waals surface area contributed by atoms with Gasteiger partial charge in [-0.05, 0) is 6.07 Å². The SMILES string of the molecule is Cc1nnc(CNC(=O)C2CN(C(=O)c3c[nH]c4ccccc34)C2)o1. The molecule has 0 bridgehead atoms. The van der Waals surface area contributed by atoms with Gasteiger partial charge in [-0.15, -0.1) is 10.2 Å². The summed E-state index contributed by atoms with van der Waals surface area (Å²) in [6, 6.07) is 7.66. The maximum Gasteiger partial charge on any atom is 0.256 e. The van der Waals surface area contributed by atoms with E-state index in [-0.39, 0.29) is 24.3 Å². The summed E-state index contributed by atoms with van der Waals surface area (Å²) in [5.41, 5.74) is 1.56. The Morgan fingerprint density at radius 2 is 2.12 bits per heavy atom. The quantitative estimate of drug-likeness (QED) is 0.744. The number of amides is 2. The number of H-pyrrole nitrogens is 1. The van der Waals surface area contributed by atoms with Gasteiger partial charge in [0.1, 0.15) is 0 Å². The lowest BCUT2D eigenvalue weighted by Gasteiger charge is -2.38. The number of carbonyl (C=O) groups is 2. The van der Waals surface area contributed by atoms with Gasteiger partial charge in [-0.2, -0.15) is 0 Å². The lowest BCUT2D eigenvalue weighted by Crippen LogP contribution is -2.55. The van der Waals surface area contributed by atoms with E-state index in [2.05, 4.69) is 20.5 Å². The molecule has 0 unspecified atom stereocenters. The normalized spacial score (nSPS) is 14.5. The fourth-order valence-corrected chi connectivity index (χ4v) is 2.95. The first kappa shape index (κ1) is 15.4. The Labute approximate surface area is 143 Å². The van der Waals surface area contributed by atoms with Crippen LogP contribution in [0.15, 0.2) is 34.9 Å². The zero-order valence-corrected chi connectivity index (χ0v) is 13.7. The summed E-state index contributed by atoms with van der Waals surface area (Å²) < 4.78 is 5.21. The van der Waals surface area contributed by atoms with Crippen molar-refractivity contribution in [3.8, 4) is 0 Å². The molecule has 0 atom stereocenters. The molecule has 0 saturated carbocycles.